The molecule has 1 aliphatic heterocycles. The summed E-state index contributed by atoms with van der Waals surface area (Å²) in [5.74, 6) is 0.815. The average molecular weight is 322 g/mol. The summed E-state index contributed by atoms with van der Waals surface area (Å²) in [4.78, 5) is 0. The molecule has 0 bridgehead atoms. The largest absolute Gasteiger partial charge is 0.412 e. The van der Waals surface area contributed by atoms with Crippen molar-refractivity contribution < 1.29 is 22.3 Å². The second kappa shape index (κ2) is 7.80. The van der Waals surface area contributed by atoms with E-state index < -0.39 is 18.1 Å². The molecule has 1 saturated carbocycles. The lowest BCUT2D eigenvalue weighted by Gasteiger charge is -2.31. The molecule has 1 aliphatic carbocycles. The molecular formula is C17H26F4O. The highest BCUT2D eigenvalue weighted by atomic mass is 19.4. The van der Waals surface area contributed by atoms with Crippen LogP contribution in [0.1, 0.15) is 58.3 Å². The number of ether oxygens (including phenoxy) is 1. The normalized spacial score (nSPS) is 34.7. The van der Waals surface area contributed by atoms with Gasteiger partial charge >= 0.3 is 6.18 Å². The van der Waals surface area contributed by atoms with E-state index in [9.17, 15) is 17.6 Å². The number of hydrogen-bond donors (Lipinski definition) is 0. The van der Waals surface area contributed by atoms with Crippen LogP contribution in [0.15, 0.2) is 11.9 Å². The minimum Gasteiger partial charge on any atom is -0.371 e. The van der Waals surface area contributed by atoms with E-state index >= 15 is 0 Å². The Morgan fingerprint density at radius 1 is 1.00 bits per heavy atom. The van der Waals surface area contributed by atoms with Gasteiger partial charge < -0.3 is 4.74 Å². The van der Waals surface area contributed by atoms with E-state index in [-0.39, 0.29) is 6.08 Å². The Morgan fingerprint density at radius 2 is 1.59 bits per heavy atom. The van der Waals surface area contributed by atoms with Gasteiger partial charge in [0, 0.05) is 0 Å². The van der Waals surface area contributed by atoms with Crippen molar-refractivity contribution in [1.82, 2.24) is 0 Å². The maximum Gasteiger partial charge on any atom is 0.412 e. The fourth-order valence-corrected chi connectivity index (χ4v) is 3.59. The first-order chi connectivity index (χ1) is 10.3. The summed E-state index contributed by atoms with van der Waals surface area (Å²) < 4.78 is 55.1. The highest BCUT2D eigenvalue weighted by Crippen LogP contribution is 2.34. The lowest BCUT2D eigenvalue weighted by atomic mass is 9.79. The smallest absolute Gasteiger partial charge is 0.371 e. The van der Waals surface area contributed by atoms with Crippen molar-refractivity contribution in [3.8, 4) is 0 Å². The standard InChI is InChI=1S/C17H26F4O/c1-12-2-4-13(5-3-12)6-7-14-8-9-16(22-11-14)15(18)10-17(19,20)21/h10,12-14,16H,2-9,11H2,1H3/b15-10-. The highest BCUT2D eigenvalue weighted by molar-refractivity contribution is 5.04. The van der Waals surface area contributed by atoms with E-state index in [4.69, 9.17) is 4.74 Å². The summed E-state index contributed by atoms with van der Waals surface area (Å²) in [6, 6.07) is 0. The number of halogens is 4. The second-order valence-electron chi connectivity index (χ2n) is 7.04. The second-order valence-corrected chi connectivity index (χ2v) is 7.04. The van der Waals surface area contributed by atoms with Crippen LogP contribution in [-0.4, -0.2) is 18.9 Å². The molecule has 0 aromatic heterocycles. The molecular weight excluding hydrogens is 296 g/mol. The molecule has 0 N–H and O–H groups in total. The van der Waals surface area contributed by atoms with Crippen molar-refractivity contribution in [2.75, 3.05) is 6.61 Å². The van der Waals surface area contributed by atoms with Gasteiger partial charge in [0.05, 0.1) is 12.7 Å². The molecule has 22 heavy (non-hydrogen) atoms. The molecule has 2 rings (SSSR count). The van der Waals surface area contributed by atoms with E-state index in [1.165, 1.54) is 32.1 Å². The molecule has 5 heteroatoms. The Kier molecular flexibility index (Phi) is 6.30. The summed E-state index contributed by atoms with van der Waals surface area (Å²) in [5, 5.41) is 0. The van der Waals surface area contributed by atoms with E-state index in [1.54, 1.807) is 0 Å². The molecule has 1 saturated heterocycles. The van der Waals surface area contributed by atoms with E-state index in [0.29, 0.717) is 18.9 Å². The summed E-state index contributed by atoms with van der Waals surface area (Å²) in [6.07, 6.45) is 2.64. The van der Waals surface area contributed by atoms with Crippen molar-refractivity contribution in [2.24, 2.45) is 17.8 Å². The van der Waals surface area contributed by atoms with Gasteiger partial charge in [-0.15, -0.1) is 0 Å². The predicted molar refractivity (Wildman–Crippen MR) is 78.1 cm³/mol. The van der Waals surface area contributed by atoms with E-state index in [2.05, 4.69) is 6.92 Å². The predicted octanol–water partition coefficient (Wildman–Crippen LogP) is 5.80. The summed E-state index contributed by atoms with van der Waals surface area (Å²) in [5.41, 5.74) is 0. The molecule has 0 aromatic rings. The van der Waals surface area contributed by atoms with Gasteiger partial charge in [0.15, 0.2) is 0 Å². The highest BCUT2D eigenvalue weighted by Gasteiger charge is 2.31. The molecule has 0 aromatic carbocycles. The Balaban J connectivity index is 1.68. The lowest BCUT2D eigenvalue weighted by molar-refractivity contribution is -0.0847. The number of rotatable bonds is 4. The molecule has 2 aliphatic rings. The molecule has 0 amide bonds. The number of hydrogen-bond acceptors (Lipinski definition) is 1. The summed E-state index contributed by atoms with van der Waals surface area (Å²) in [6.45, 7) is 2.68. The van der Waals surface area contributed by atoms with Gasteiger partial charge in [-0.1, -0.05) is 39.0 Å². The first-order valence-corrected chi connectivity index (χ1v) is 8.40. The van der Waals surface area contributed by atoms with Crippen molar-refractivity contribution in [2.45, 2.75) is 70.6 Å². The van der Waals surface area contributed by atoms with Gasteiger partial charge in [-0.25, -0.2) is 4.39 Å². The number of alkyl halides is 3. The van der Waals surface area contributed by atoms with Gasteiger partial charge in [-0.3, -0.25) is 0 Å². The van der Waals surface area contributed by atoms with Crippen molar-refractivity contribution >= 4 is 0 Å². The Labute approximate surface area is 130 Å². The van der Waals surface area contributed by atoms with Crippen molar-refractivity contribution in [1.29, 1.82) is 0 Å². The van der Waals surface area contributed by atoms with Gasteiger partial charge in [0.1, 0.15) is 11.9 Å². The SMILES string of the molecule is CC1CCC(CCC2CCC(/C(F)=C/C(F)(F)F)OC2)CC1. The van der Waals surface area contributed by atoms with Crippen LogP contribution in [0.4, 0.5) is 17.6 Å². The maximum atomic E-state index is 13.4. The zero-order valence-corrected chi connectivity index (χ0v) is 13.2. The molecule has 2 unspecified atom stereocenters. The zero-order chi connectivity index (χ0) is 16.2. The third-order valence-electron chi connectivity index (χ3n) is 5.10. The Morgan fingerprint density at radius 3 is 2.14 bits per heavy atom. The van der Waals surface area contributed by atoms with Crippen molar-refractivity contribution in [3.05, 3.63) is 11.9 Å². The van der Waals surface area contributed by atoms with Crippen LogP contribution in [0, 0.1) is 17.8 Å². The van der Waals surface area contributed by atoms with E-state index in [1.807, 2.05) is 0 Å². The first-order valence-electron chi connectivity index (χ1n) is 8.40. The lowest BCUT2D eigenvalue weighted by Crippen LogP contribution is -2.27. The third kappa shape index (κ3) is 5.90. The monoisotopic (exact) mass is 322 g/mol. The molecule has 2 atom stereocenters. The number of allylic oxidation sites excluding steroid dienone is 1. The van der Waals surface area contributed by atoms with Crippen LogP contribution >= 0.6 is 0 Å². The average Bonchev–Trinajstić information content (AvgIpc) is 2.45. The minimum atomic E-state index is -4.61. The van der Waals surface area contributed by atoms with E-state index in [0.717, 1.165) is 24.7 Å². The van der Waals surface area contributed by atoms with Crippen LogP contribution in [0.3, 0.4) is 0 Å². The van der Waals surface area contributed by atoms with Gasteiger partial charge in [-0.2, -0.15) is 13.2 Å². The van der Waals surface area contributed by atoms with Gasteiger partial charge in [0.25, 0.3) is 0 Å². The summed E-state index contributed by atoms with van der Waals surface area (Å²) in [7, 11) is 0. The minimum absolute atomic E-state index is 0.277. The van der Waals surface area contributed by atoms with Crippen LogP contribution in [0.5, 0.6) is 0 Å². The first kappa shape index (κ1) is 17.8. The quantitative estimate of drug-likeness (QED) is 0.594. The molecule has 128 valence electrons. The Bertz CT molecular complexity index is 361. The van der Waals surface area contributed by atoms with Gasteiger partial charge in [0.2, 0.25) is 0 Å². The van der Waals surface area contributed by atoms with Gasteiger partial charge in [-0.05, 0) is 37.0 Å². The third-order valence-corrected chi connectivity index (χ3v) is 5.10. The fraction of sp³-hybridized carbons (Fsp3) is 0.882. The zero-order valence-electron chi connectivity index (χ0n) is 13.2. The van der Waals surface area contributed by atoms with Crippen molar-refractivity contribution in [3.63, 3.8) is 0 Å². The molecule has 2 fully saturated rings. The molecule has 0 spiro atoms. The summed E-state index contributed by atoms with van der Waals surface area (Å²) >= 11 is 0. The maximum absolute atomic E-state index is 13.4. The molecule has 1 nitrogen and oxygen atoms in total. The molecule has 1 heterocycles. The van der Waals surface area contributed by atoms with Crippen LogP contribution in [0.2, 0.25) is 0 Å². The topological polar surface area (TPSA) is 9.23 Å². The van der Waals surface area contributed by atoms with Crippen LogP contribution in [-0.2, 0) is 4.74 Å². The fourth-order valence-electron chi connectivity index (χ4n) is 3.59. The molecule has 0 radical (unpaired) electrons. The Hall–Kier alpha value is -0.580. The van der Waals surface area contributed by atoms with Crippen LogP contribution < -0.4 is 0 Å². The van der Waals surface area contributed by atoms with Crippen LogP contribution in [0.25, 0.3) is 0 Å².